The smallest absolute Gasteiger partial charge is 0.239 e. The zero-order valence-electron chi connectivity index (χ0n) is 12.3. The predicted molar refractivity (Wildman–Crippen MR) is 79.2 cm³/mol. The van der Waals surface area contributed by atoms with Crippen molar-refractivity contribution in [2.24, 2.45) is 5.92 Å². The van der Waals surface area contributed by atoms with E-state index in [-0.39, 0.29) is 18.4 Å². The topological polar surface area (TPSA) is 49.4 Å². The first-order chi connectivity index (χ1) is 9.75. The Morgan fingerprint density at radius 1 is 1.30 bits per heavy atom. The van der Waals surface area contributed by atoms with Crippen LogP contribution >= 0.6 is 0 Å². The lowest BCUT2D eigenvalue weighted by atomic mass is 9.93. The Morgan fingerprint density at radius 2 is 2.20 bits per heavy atom. The summed E-state index contributed by atoms with van der Waals surface area (Å²) in [6.07, 6.45) is 12.9. The van der Waals surface area contributed by atoms with Gasteiger partial charge in [-0.15, -0.1) is 0 Å². The van der Waals surface area contributed by atoms with Gasteiger partial charge < -0.3 is 10.2 Å². The maximum Gasteiger partial charge on any atom is 0.239 e. The number of allylic oxidation sites excluding steroid dienone is 2. The molecular formula is C16H26N2O2. The monoisotopic (exact) mass is 278 g/mol. The van der Waals surface area contributed by atoms with Crippen LogP contribution in [0.15, 0.2) is 12.2 Å². The van der Waals surface area contributed by atoms with Gasteiger partial charge in [0.25, 0.3) is 0 Å². The molecule has 2 amide bonds. The van der Waals surface area contributed by atoms with Crippen molar-refractivity contribution in [2.45, 2.75) is 51.4 Å². The van der Waals surface area contributed by atoms with Crippen LogP contribution in [0.2, 0.25) is 0 Å². The summed E-state index contributed by atoms with van der Waals surface area (Å²) >= 11 is 0. The minimum atomic E-state index is -0.0139. The van der Waals surface area contributed by atoms with Crippen molar-refractivity contribution in [1.29, 1.82) is 0 Å². The Hall–Kier alpha value is -1.32. The second-order valence-corrected chi connectivity index (χ2v) is 5.88. The minimum absolute atomic E-state index is 0.0139. The Kier molecular flexibility index (Phi) is 6.09. The molecule has 4 heteroatoms. The number of carbonyl (C=O) groups excluding carboxylic acids is 2. The molecule has 1 fully saturated rings. The summed E-state index contributed by atoms with van der Waals surface area (Å²) in [5, 5.41) is 2.95. The van der Waals surface area contributed by atoms with Gasteiger partial charge in [-0.2, -0.15) is 0 Å². The molecule has 0 aromatic rings. The second kappa shape index (κ2) is 8.08. The molecule has 1 N–H and O–H groups in total. The molecule has 1 aliphatic heterocycles. The fourth-order valence-corrected chi connectivity index (χ4v) is 2.96. The molecular weight excluding hydrogens is 252 g/mol. The number of rotatable bonds is 5. The molecule has 112 valence electrons. The Morgan fingerprint density at radius 3 is 3.00 bits per heavy atom. The summed E-state index contributed by atoms with van der Waals surface area (Å²) in [4.78, 5) is 25.4. The van der Waals surface area contributed by atoms with Crippen LogP contribution in [0.25, 0.3) is 0 Å². The van der Waals surface area contributed by atoms with Crippen LogP contribution in [-0.4, -0.2) is 36.3 Å². The average Bonchev–Trinajstić information content (AvgIpc) is 2.65. The van der Waals surface area contributed by atoms with Gasteiger partial charge in [-0.1, -0.05) is 18.6 Å². The molecule has 2 aliphatic rings. The van der Waals surface area contributed by atoms with Gasteiger partial charge in [0.2, 0.25) is 11.8 Å². The molecule has 2 rings (SSSR count). The van der Waals surface area contributed by atoms with Gasteiger partial charge in [0.05, 0.1) is 6.54 Å². The van der Waals surface area contributed by atoms with Crippen molar-refractivity contribution in [3.8, 4) is 0 Å². The number of hydrogen-bond acceptors (Lipinski definition) is 2. The van der Waals surface area contributed by atoms with Crippen LogP contribution < -0.4 is 5.32 Å². The highest BCUT2D eigenvalue weighted by molar-refractivity contribution is 5.84. The lowest BCUT2D eigenvalue weighted by Gasteiger charge is -2.20. The van der Waals surface area contributed by atoms with E-state index in [1.807, 2.05) is 0 Å². The molecule has 20 heavy (non-hydrogen) atoms. The summed E-state index contributed by atoms with van der Waals surface area (Å²) in [5.74, 6) is 0.733. The minimum Gasteiger partial charge on any atom is -0.355 e. The fourth-order valence-electron chi connectivity index (χ4n) is 2.96. The highest BCUT2D eigenvalue weighted by Crippen LogP contribution is 2.19. The van der Waals surface area contributed by atoms with Crippen molar-refractivity contribution in [2.75, 3.05) is 19.6 Å². The molecule has 1 aliphatic carbocycles. The van der Waals surface area contributed by atoms with E-state index in [4.69, 9.17) is 0 Å². The molecule has 0 saturated carbocycles. The zero-order chi connectivity index (χ0) is 14.2. The maximum atomic E-state index is 11.9. The number of nitrogens with zero attached hydrogens (tertiary/aromatic N) is 1. The van der Waals surface area contributed by atoms with Crippen molar-refractivity contribution in [3.05, 3.63) is 12.2 Å². The van der Waals surface area contributed by atoms with Gasteiger partial charge in [-0.25, -0.2) is 0 Å². The number of hydrogen-bond donors (Lipinski definition) is 1. The van der Waals surface area contributed by atoms with Crippen LogP contribution in [0.4, 0.5) is 0 Å². The van der Waals surface area contributed by atoms with E-state index >= 15 is 0 Å². The molecule has 1 heterocycles. The normalized spacial score (nSPS) is 23.5. The highest BCUT2D eigenvalue weighted by atomic mass is 16.2. The number of carbonyl (C=O) groups is 2. The molecule has 0 aromatic heterocycles. The SMILES string of the molecule is O=C(CN1CCCCCC1=O)NCCC1C=CCCC1. The number of nitrogens with one attached hydrogen (secondary N) is 1. The Bertz CT molecular complexity index is 365. The van der Waals surface area contributed by atoms with E-state index in [1.165, 1.54) is 19.3 Å². The quantitative estimate of drug-likeness (QED) is 0.784. The third-order valence-electron chi connectivity index (χ3n) is 4.20. The van der Waals surface area contributed by atoms with Crippen LogP contribution in [0.5, 0.6) is 0 Å². The first-order valence-electron chi connectivity index (χ1n) is 7.97. The molecule has 1 atom stereocenters. The van der Waals surface area contributed by atoms with Gasteiger partial charge >= 0.3 is 0 Å². The van der Waals surface area contributed by atoms with Gasteiger partial charge in [0.15, 0.2) is 0 Å². The van der Waals surface area contributed by atoms with Gasteiger partial charge in [0.1, 0.15) is 0 Å². The summed E-state index contributed by atoms with van der Waals surface area (Å²) in [5.41, 5.74) is 0. The molecule has 0 bridgehead atoms. The average molecular weight is 278 g/mol. The summed E-state index contributed by atoms with van der Waals surface area (Å²) in [7, 11) is 0. The second-order valence-electron chi connectivity index (χ2n) is 5.88. The Labute approximate surface area is 121 Å². The third kappa shape index (κ3) is 4.99. The fraction of sp³-hybridized carbons (Fsp3) is 0.750. The van der Waals surface area contributed by atoms with Gasteiger partial charge in [-0.3, -0.25) is 9.59 Å². The van der Waals surface area contributed by atoms with E-state index in [9.17, 15) is 9.59 Å². The van der Waals surface area contributed by atoms with Crippen LogP contribution in [0.1, 0.15) is 51.4 Å². The highest BCUT2D eigenvalue weighted by Gasteiger charge is 2.19. The molecule has 4 nitrogen and oxygen atoms in total. The third-order valence-corrected chi connectivity index (χ3v) is 4.20. The van der Waals surface area contributed by atoms with Crippen molar-refractivity contribution in [1.82, 2.24) is 10.2 Å². The van der Waals surface area contributed by atoms with E-state index in [1.54, 1.807) is 4.90 Å². The number of likely N-dealkylation sites (tertiary alicyclic amines) is 1. The molecule has 0 spiro atoms. The van der Waals surface area contributed by atoms with Crippen LogP contribution in [0, 0.1) is 5.92 Å². The van der Waals surface area contributed by atoms with Crippen molar-refractivity contribution < 1.29 is 9.59 Å². The van der Waals surface area contributed by atoms with Crippen LogP contribution in [-0.2, 0) is 9.59 Å². The molecule has 1 unspecified atom stereocenters. The predicted octanol–water partition coefficient (Wildman–Crippen LogP) is 2.25. The standard InChI is InChI=1S/C16H26N2O2/c19-15(13-18-12-6-2-5-9-16(18)20)17-11-10-14-7-3-1-4-8-14/h3,7,14H,1-2,4-6,8-13H2,(H,17,19). The van der Waals surface area contributed by atoms with E-state index < -0.39 is 0 Å². The van der Waals surface area contributed by atoms with Crippen molar-refractivity contribution in [3.63, 3.8) is 0 Å². The van der Waals surface area contributed by atoms with Gasteiger partial charge in [-0.05, 0) is 44.4 Å². The first-order valence-corrected chi connectivity index (χ1v) is 7.97. The summed E-state index contributed by atoms with van der Waals surface area (Å²) in [6.45, 7) is 1.69. The summed E-state index contributed by atoms with van der Waals surface area (Å²) < 4.78 is 0. The molecule has 0 radical (unpaired) electrons. The largest absolute Gasteiger partial charge is 0.355 e. The van der Waals surface area contributed by atoms with E-state index in [0.29, 0.717) is 12.3 Å². The molecule has 0 aromatic carbocycles. The van der Waals surface area contributed by atoms with Crippen LogP contribution in [0.3, 0.4) is 0 Å². The van der Waals surface area contributed by atoms with E-state index in [0.717, 1.165) is 38.8 Å². The summed E-state index contributed by atoms with van der Waals surface area (Å²) in [6, 6.07) is 0. The lowest BCUT2D eigenvalue weighted by molar-refractivity contribution is -0.135. The van der Waals surface area contributed by atoms with Gasteiger partial charge in [0, 0.05) is 19.5 Å². The lowest BCUT2D eigenvalue weighted by Crippen LogP contribution is -2.40. The molecule has 1 saturated heterocycles. The van der Waals surface area contributed by atoms with Crippen molar-refractivity contribution >= 4 is 11.8 Å². The van der Waals surface area contributed by atoms with E-state index in [2.05, 4.69) is 17.5 Å². The number of amides is 2. The maximum absolute atomic E-state index is 11.9. The Balaban J connectivity index is 1.65. The zero-order valence-corrected chi connectivity index (χ0v) is 12.3. The first kappa shape index (κ1) is 15.1.